The van der Waals surface area contributed by atoms with Gasteiger partial charge in [0.05, 0.1) is 0 Å². The van der Waals surface area contributed by atoms with Crippen LogP contribution in [0.4, 0.5) is 0 Å². The number of hydrogen-bond acceptors (Lipinski definition) is 5. The van der Waals surface area contributed by atoms with Crippen molar-refractivity contribution in [3.63, 3.8) is 0 Å². The Labute approximate surface area is 147 Å². The number of aryl methyl sites for hydroxylation is 3. The quantitative estimate of drug-likeness (QED) is 0.435. The SMILES string of the molecule is CCNC(=NCCCc1nc(C)no1)NC(C)Cc1ccc(C)s1. The minimum atomic E-state index is 0.333. The molecule has 0 aliphatic heterocycles. The first-order valence-corrected chi connectivity index (χ1v) is 9.27. The number of nitrogens with zero attached hydrogens (tertiary/aromatic N) is 3. The van der Waals surface area contributed by atoms with Gasteiger partial charge in [0.25, 0.3) is 0 Å². The Bertz CT molecular complexity index is 649. The van der Waals surface area contributed by atoms with Crippen molar-refractivity contribution in [2.45, 2.75) is 53.0 Å². The van der Waals surface area contributed by atoms with E-state index in [0.717, 1.165) is 38.3 Å². The molecule has 132 valence electrons. The molecule has 0 aliphatic carbocycles. The number of hydrogen-bond donors (Lipinski definition) is 2. The van der Waals surface area contributed by atoms with Crippen LogP contribution in [-0.2, 0) is 12.8 Å². The van der Waals surface area contributed by atoms with E-state index in [4.69, 9.17) is 4.52 Å². The van der Waals surface area contributed by atoms with E-state index in [9.17, 15) is 0 Å². The molecule has 0 spiro atoms. The number of aromatic nitrogens is 2. The zero-order chi connectivity index (χ0) is 17.4. The molecule has 0 radical (unpaired) electrons. The number of aliphatic imine (C=N–C) groups is 1. The number of thiophene rings is 1. The summed E-state index contributed by atoms with van der Waals surface area (Å²) in [5.74, 6) is 2.23. The van der Waals surface area contributed by atoms with E-state index in [1.807, 2.05) is 18.3 Å². The first-order valence-electron chi connectivity index (χ1n) is 8.46. The highest BCUT2D eigenvalue weighted by molar-refractivity contribution is 7.11. The third-order valence-corrected chi connectivity index (χ3v) is 4.44. The lowest BCUT2D eigenvalue weighted by molar-refractivity contribution is 0.372. The van der Waals surface area contributed by atoms with Crippen LogP contribution < -0.4 is 10.6 Å². The minimum absolute atomic E-state index is 0.333. The fourth-order valence-corrected chi connectivity index (χ4v) is 3.38. The third-order valence-electron chi connectivity index (χ3n) is 3.42. The molecule has 0 aromatic carbocycles. The average molecular weight is 350 g/mol. The lowest BCUT2D eigenvalue weighted by atomic mass is 10.2. The largest absolute Gasteiger partial charge is 0.357 e. The average Bonchev–Trinajstić information content (AvgIpc) is 3.12. The normalized spacial score (nSPS) is 13.1. The first kappa shape index (κ1) is 18.4. The lowest BCUT2D eigenvalue weighted by Gasteiger charge is -2.17. The second-order valence-corrected chi connectivity index (χ2v) is 7.23. The molecule has 24 heavy (non-hydrogen) atoms. The van der Waals surface area contributed by atoms with Gasteiger partial charge in [-0.3, -0.25) is 4.99 Å². The predicted molar refractivity (Wildman–Crippen MR) is 98.7 cm³/mol. The van der Waals surface area contributed by atoms with Gasteiger partial charge in [-0.05, 0) is 46.2 Å². The maximum Gasteiger partial charge on any atom is 0.226 e. The summed E-state index contributed by atoms with van der Waals surface area (Å²) in [4.78, 5) is 11.6. The molecule has 0 amide bonds. The highest BCUT2D eigenvalue weighted by Gasteiger charge is 2.08. The van der Waals surface area contributed by atoms with Gasteiger partial charge < -0.3 is 15.2 Å². The summed E-state index contributed by atoms with van der Waals surface area (Å²) in [6, 6.07) is 4.71. The van der Waals surface area contributed by atoms with Crippen molar-refractivity contribution in [1.29, 1.82) is 0 Å². The number of guanidine groups is 1. The molecule has 1 unspecified atom stereocenters. The van der Waals surface area contributed by atoms with E-state index in [1.165, 1.54) is 9.75 Å². The molecule has 0 aliphatic rings. The number of nitrogens with one attached hydrogen (secondary N) is 2. The van der Waals surface area contributed by atoms with Crippen molar-refractivity contribution in [3.8, 4) is 0 Å². The molecular formula is C17H27N5OS. The Morgan fingerprint density at radius 1 is 1.38 bits per heavy atom. The molecule has 6 nitrogen and oxygen atoms in total. The second kappa shape index (κ2) is 9.42. The van der Waals surface area contributed by atoms with Crippen LogP contribution in [0.3, 0.4) is 0 Å². The van der Waals surface area contributed by atoms with Crippen LogP contribution in [0.2, 0.25) is 0 Å². The zero-order valence-electron chi connectivity index (χ0n) is 14.9. The summed E-state index contributed by atoms with van der Waals surface area (Å²) >= 11 is 1.85. The molecule has 0 saturated carbocycles. The van der Waals surface area contributed by atoms with Gasteiger partial charge in [-0.25, -0.2) is 0 Å². The summed E-state index contributed by atoms with van der Waals surface area (Å²) in [5, 5.41) is 10.6. The van der Waals surface area contributed by atoms with Gasteiger partial charge in [0.1, 0.15) is 0 Å². The van der Waals surface area contributed by atoms with Gasteiger partial charge in [0, 0.05) is 41.7 Å². The van der Waals surface area contributed by atoms with E-state index >= 15 is 0 Å². The molecule has 2 aromatic heterocycles. The fraction of sp³-hybridized carbons (Fsp3) is 0.588. The lowest BCUT2D eigenvalue weighted by Crippen LogP contribution is -2.43. The van der Waals surface area contributed by atoms with Crippen LogP contribution >= 0.6 is 11.3 Å². The topological polar surface area (TPSA) is 75.3 Å². The monoisotopic (exact) mass is 349 g/mol. The Morgan fingerprint density at radius 3 is 2.83 bits per heavy atom. The van der Waals surface area contributed by atoms with Gasteiger partial charge in [0.2, 0.25) is 5.89 Å². The molecular weight excluding hydrogens is 322 g/mol. The Kier molecular flexibility index (Phi) is 7.24. The smallest absolute Gasteiger partial charge is 0.226 e. The predicted octanol–water partition coefficient (Wildman–Crippen LogP) is 2.87. The van der Waals surface area contributed by atoms with E-state index in [1.54, 1.807) is 0 Å². The summed E-state index contributed by atoms with van der Waals surface area (Å²) in [7, 11) is 0. The molecule has 0 fully saturated rings. The highest BCUT2D eigenvalue weighted by Crippen LogP contribution is 2.16. The van der Waals surface area contributed by atoms with Crippen LogP contribution in [0.25, 0.3) is 0 Å². The van der Waals surface area contributed by atoms with E-state index in [2.05, 4.69) is 58.7 Å². The third kappa shape index (κ3) is 6.31. The summed E-state index contributed by atoms with van der Waals surface area (Å²) in [6.45, 7) is 9.80. The van der Waals surface area contributed by atoms with Gasteiger partial charge in [-0.2, -0.15) is 4.98 Å². The van der Waals surface area contributed by atoms with Crippen LogP contribution in [0.5, 0.6) is 0 Å². The Morgan fingerprint density at radius 2 is 2.21 bits per heavy atom. The van der Waals surface area contributed by atoms with E-state index in [-0.39, 0.29) is 0 Å². The zero-order valence-corrected chi connectivity index (χ0v) is 15.7. The summed E-state index contributed by atoms with van der Waals surface area (Å²) in [6.07, 6.45) is 2.65. The minimum Gasteiger partial charge on any atom is -0.357 e. The maximum absolute atomic E-state index is 5.11. The first-order chi connectivity index (χ1) is 11.6. The van der Waals surface area contributed by atoms with Crippen molar-refractivity contribution < 1.29 is 4.52 Å². The van der Waals surface area contributed by atoms with Crippen molar-refractivity contribution in [2.75, 3.05) is 13.1 Å². The highest BCUT2D eigenvalue weighted by atomic mass is 32.1. The molecule has 2 N–H and O–H groups in total. The van der Waals surface area contributed by atoms with Gasteiger partial charge in [0.15, 0.2) is 11.8 Å². The van der Waals surface area contributed by atoms with Crippen molar-refractivity contribution >= 4 is 17.3 Å². The maximum atomic E-state index is 5.11. The Hall–Kier alpha value is -1.89. The number of rotatable bonds is 8. The fourth-order valence-electron chi connectivity index (χ4n) is 2.36. The molecule has 2 aromatic rings. The van der Waals surface area contributed by atoms with Crippen LogP contribution in [0.1, 0.15) is 41.7 Å². The van der Waals surface area contributed by atoms with Crippen molar-refractivity contribution in [3.05, 3.63) is 33.6 Å². The molecule has 0 saturated heterocycles. The van der Waals surface area contributed by atoms with E-state index in [0.29, 0.717) is 17.8 Å². The van der Waals surface area contributed by atoms with Crippen LogP contribution in [0.15, 0.2) is 21.6 Å². The van der Waals surface area contributed by atoms with Gasteiger partial charge in [-0.15, -0.1) is 11.3 Å². The van der Waals surface area contributed by atoms with Crippen LogP contribution in [-0.4, -0.2) is 35.2 Å². The summed E-state index contributed by atoms with van der Waals surface area (Å²) in [5.41, 5.74) is 0. The van der Waals surface area contributed by atoms with Gasteiger partial charge in [-0.1, -0.05) is 5.16 Å². The standard InChI is InChI=1S/C17H27N5OS/c1-5-18-17(19-10-6-7-16-21-14(4)22-23-16)20-12(2)11-15-9-8-13(3)24-15/h8-9,12H,5-7,10-11H2,1-4H3,(H2,18,19,20). The van der Waals surface area contributed by atoms with Crippen molar-refractivity contribution in [2.24, 2.45) is 4.99 Å². The molecule has 2 heterocycles. The van der Waals surface area contributed by atoms with E-state index < -0.39 is 0 Å². The molecule has 2 rings (SSSR count). The molecule has 0 bridgehead atoms. The van der Waals surface area contributed by atoms with Gasteiger partial charge >= 0.3 is 0 Å². The Balaban J connectivity index is 1.78. The summed E-state index contributed by atoms with van der Waals surface area (Å²) < 4.78 is 5.11. The molecule has 7 heteroatoms. The second-order valence-electron chi connectivity index (χ2n) is 5.86. The molecule has 1 atom stereocenters. The van der Waals surface area contributed by atoms with Crippen molar-refractivity contribution in [1.82, 2.24) is 20.8 Å². The van der Waals surface area contributed by atoms with Crippen LogP contribution in [0, 0.1) is 13.8 Å².